The summed E-state index contributed by atoms with van der Waals surface area (Å²) in [4.78, 5) is 15.1. The molecule has 2 saturated heterocycles. The van der Waals surface area contributed by atoms with Crippen molar-refractivity contribution in [3.8, 4) is 0 Å². The number of nitrogens with zero attached hydrogens (tertiary/aromatic N) is 1. The van der Waals surface area contributed by atoms with Crippen molar-refractivity contribution >= 4 is 17.7 Å². The summed E-state index contributed by atoms with van der Waals surface area (Å²) in [5.41, 5.74) is 0.695. The summed E-state index contributed by atoms with van der Waals surface area (Å²) in [6, 6.07) is 1.82. The topological polar surface area (TPSA) is 54.7 Å². The van der Waals surface area contributed by atoms with Gasteiger partial charge in [-0.15, -0.1) is 0 Å². The van der Waals surface area contributed by atoms with Crippen LogP contribution in [0.4, 0.5) is 0 Å². The van der Waals surface area contributed by atoms with Gasteiger partial charge in [0.15, 0.2) is 0 Å². The SMILES string of the molecule is Cc1cc(C(=O)NCC2(N3CCSCC3)CCOCC2)c(C)o1. The molecule has 2 aliphatic rings. The molecular weight excluding hydrogens is 312 g/mol. The number of hydrogen-bond acceptors (Lipinski definition) is 5. The molecule has 1 aromatic heterocycles. The summed E-state index contributed by atoms with van der Waals surface area (Å²) in [5.74, 6) is 3.79. The molecule has 2 fully saturated rings. The van der Waals surface area contributed by atoms with Gasteiger partial charge in [-0.2, -0.15) is 11.8 Å². The second-order valence-electron chi connectivity index (χ2n) is 6.45. The molecule has 0 bridgehead atoms. The van der Waals surface area contributed by atoms with E-state index in [4.69, 9.17) is 9.15 Å². The molecule has 0 saturated carbocycles. The third-order valence-corrected chi connectivity index (χ3v) is 5.91. The van der Waals surface area contributed by atoms with Gasteiger partial charge in [0.1, 0.15) is 11.5 Å². The van der Waals surface area contributed by atoms with E-state index in [0.29, 0.717) is 17.9 Å². The van der Waals surface area contributed by atoms with Gasteiger partial charge in [-0.1, -0.05) is 0 Å². The molecule has 0 aromatic carbocycles. The molecular formula is C17H26N2O3S. The van der Waals surface area contributed by atoms with Gasteiger partial charge in [-0.25, -0.2) is 0 Å². The smallest absolute Gasteiger partial charge is 0.254 e. The minimum Gasteiger partial charge on any atom is -0.466 e. The fraction of sp³-hybridized carbons (Fsp3) is 0.706. The van der Waals surface area contributed by atoms with E-state index >= 15 is 0 Å². The first kappa shape index (κ1) is 16.9. The van der Waals surface area contributed by atoms with E-state index in [0.717, 1.165) is 44.9 Å². The number of amides is 1. The Morgan fingerprint density at radius 3 is 2.61 bits per heavy atom. The molecule has 1 N–H and O–H groups in total. The first-order chi connectivity index (χ1) is 11.1. The maximum absolute atomic E-state index is 12.5. The van der Waals surface area contributed by atoms with Crippen LogP contribution in [0.1, 0.15) is 34.7 Å². The number of thioether (sulfide) groups is 1. The summed E-state index contributed by atoms with van der Waals surface area (Å²) in [6.07, 6.45) is 1.97. The fourth-order valence-corrected chi connectivity index (χ4v) is 4.49. The van der Waals surface area contributed by atoms with Gasteiger partial charge in [0.2, 0.25) is 0 Å². The van der Waals surface area contributed by atoms with Crippen LogP contribution in [0.2, 0.25) is 0 Å². The Balaban J connectivity index is 1.68. The summed E-state index contributed by atoms with van der Waals surface area (Å²) in [7, 11) is 0. The zero-order valence-corrected chi connectivity index (χ0v) is 14.8. The predicted octanol–water partition coefficient (Wildman–Crippen LogP) is 2.22. The van der Waals surface area contributed by atoms with E-state index in [9.17, 15) is 4.79 Å². The molecule has 0 atom stereocenters. The largest absolute Gasteiger partial charge is 0.466 e. The van der Waals surface area contributed by atoms with E-state index < -0.39 is 0 Å². The van der Waals surface area contributed by atoms with Crippen molar-refractivity contribution in [3.05, 3.63) is 23.2 Å². The van der Waals surface area contributed by atoms with Gasteiger partial charge in [0.05, 0.1) is 5.56 Å². The number of aryl methyl sites for hydroxylation is 2. The zero-order valence-electron chi connectivity index (χ0n) is 14.0. The van der Waals surface area contributed by atoms with Gasteiger partial charge in [0.25, 0.3) is 5.91 Å². The quantitative estimate of drug-likeness (QED) is 0.912. The average molecular weight is 338 g/mol. The first-order valence-corrected chi connectivity index (χ1v) is 9.52. The molecule has 5 nitrogen and oxygen atoms in total. The molecule has 3 rings (SSSR count). The molecule has 0 radical (unpaired) electrons. The van der Waals surface area contributed by atoms with Crippen LogP contribution < -0.4 is 5.32 Å². The Bertz CT molecular complexity index is 546. The van der Waals surface area contributed by atoms with Crippen LogP contribution >= 0.6 is 11.8 Å². The molecule has 1 aromatic rings. The lowest BCUT2D eigenvalue weighted by atomic mass is 9.87. The minimum atomic E-state index is -0.0309. The highest BCUT2D eigenvalue weighted by atomic mass is 32.2. The normalized spacial score (nSPS) is 22.0. The lowest BCUT2D eigenvalue weighted by molar-refractivity contribution is -0.0237. The van der Waals surface area contributed by atoms with Crippen LogP contribution in [0.5, 0.6) is 0 Å². The average Bonchev–Trinajstić information content (AvgIpc) is 2.93. The van der Waals surface area contributed by atoms with E-state index in [1.165, 1.54) is 11.5 Å². The Hall–Kier alpha value is -0.980. The number of ether oxygens (including phenoxy) is 1. The minimum absolute atomic E-state index is 0.0309. The molecule has 23 heavy (non-hydrogen) atoms. The molecule has 0 spiro atoms. The number of carbonyl (C=O) groups is 1. The second kappa shape index (κ2) is 7.28. The van der Waals surface area contributed by atoms with E-state index in [-0.39, 0.29) is 11.4 Å². The van der Waals surface area contributed by atoms with Crippen molar-refractivity contribution in [3.63, 3.8) is 0 Å². The van der Waals surface area contributed by atoms with Crippen LogP contribution in [-0.2, 0) is 4.74 Å². The van der Waals surface area contributed by atoms with E-state index in [1.54, 1.807) is 0 Å². The highest BCUT2D eigenvalue weighted by molar-refractivity contribution is 7.99. The highest BCUT2D eigenvalue weighted by Crippen LogP contribution is 2.30. The van der Waals surface area contributed by atoms with Gasteiger partial charge >= 0.3 is 0 Å². The Morgan fingerprint density at radius 1 is 1.30 bits per heavy atom. The van der Waals surface area contributed by atoms with Crippen molar-refractivity contribution in [1.29, 1.82) is 0 Å². The van der Waals surface area contributed by atoms with Crippen molar-refractivity contribution in [2.75, 3.05) is 44.4 Å². The number of carbonyl (C=O) groups excluding carboxylic acids is 1. The number of furan rings is 1. The monoisotopic (exact) mass is 338 g/mol. The number of hydrogen-bond donors (Lipinski definition) is 1. The summed E-state index contributed by atoms with van der Waals surface area (Å²) in [6.45, 7) is 8.16. The van der Waals surface area contributed by atoms with Gasteiger partial charge in [0, 0.05) is 49.9 Å². The van der Waals surface area contributed by atoms with Crippen molar-refractivity contribution < 1.29 is 13.9 Å². The van der Waals surface area contributed by atoms with Crippen LogP contribution in [0, 0.1) is 13.8 Å². The van der Waals surface area contributed by atoms with E-state index in [2.05, 4.69) is 10.2 Å². The molecule has 2 aliphatic heterocycles. The Morgan fingerprint density at radius 2 is 2.00 bits per heavy atom. The van der Waals surface area contributed by atoms with Crippen LogP contribution in [0.15, 0.2) is 10.5 Å². The number of nitrogens with one attached hydrogen (secondary N) is 1. The molecule has 0 unspecified atom stereocenters. The second-order valence-corrected chi connectivity index (χ2v) is 7.67. The third-order valence-electron chi connectivity index (χ3n) is 4.97. The fourth-order valence-electron chi connectivity index (χ4n) is 3.59. The molecule has 0 aliphatic carbocycles. The summed E-state index contributed by atoms with van der Waals surface area (Å²) >= 11 is 2.01. The molecule has 3 heterocycles. The first-order valence-electron chi connectivity index (χ1n) is 8.36. The van der Waals surface area contributed by atoms with Gasteiger partial charge in [-0.3, -0.25) is 9.69 Å². The highest BCUT2D eigenvalue weighted by Gasteiger charge is 2.39. The standard InChI is InChI=1S/C17H26N2O3S/c1-13-11-15(14(2)22-13)16(20)18-12-17(3-7-21-8-4-17)19-5-9-23-10-6-19/h11H,3-10,12H2,1-2H3,(H,18,20). The summed E-state index contributed by atoms with van der Waals surface area (Å²) in [5, 5.41) is 3.16. The lowest BCUT2D eigenvalue weighted by Gasteiger charge is -2.48. The maximum atomic E-state index is 12.5. The Kier molecular flexibility index (Phi) is 5.34. The van der Waals surface area contributed by atoms with Gasteiger partial charge in [-0.05, 0) is 32.8 Å². The van der Waals surface area contributed by atoms with Crippen LogP contribution in [-0.4, -0.2) is 60.7 Å². The molecule has 6 heteroatoms. The van der Waals surface area contributed by atoms with Crippen molar-refractivity contribution in [2.24, 2.45) is 0 Å². The van der Waals surface area contributed by atoms with Crippen LogP contribution in [0.25, 0.3) is 0 Å². The van der Waals surface area contributed by atoms with Crippen molar-refractivity contribution in [2.45, 2.75) is 32.2 Å². The van der Waals surface area contributed by atoms with Crippen LogP contribution in [0.3, 0.4) is 0 Å². The molecule has 128 valence electrons. The van der Waals surface area contributed by atoms with E-state index in [1.807, 2.05) is 31.7 Å². The zero-order chi connectivity index (χ0) is 16.3. The maximum Gasteiger partial charge on any atom is 0.254 e. The Labute approximate surface area is 142 Å². The van der Waals surface area contributed by atoms with Gasteiger partial charge < -0.3 is 14.5 Å². The van der Waals surface area contributed by atoms with Crippen molar-refractivity contribution in [1.82, 2.24) is 10.2 Å². The predicted molar refractivity (Wildman–Crippen MR) is 92.2 cm³/mol. The molecule has 1 amide bonds. The number of rotatable bonds is 4. The lowest BCUT2D eigenvalue weighted by Crippen LogP contribution is -2.60. The summed E-state index contributed by atoms with van der Waals surface area (Å²) < 4.78 is 11.0. The third kappa shape index (κ3) is 3.75.